The van der Waals surface area contributed by atoms with Crippen LogP contribution in [-0.4, -0.2) is 36.9 Å². The van der Waals surface area contributed by atoms with Crippen LogP contribution in [0.2, 0.25) is 5.02 Å². The van der Waals surface area contributed by atoms with Crippen LogP contribution in [0, 0.1) is 11.3 Å². The highest BCUT2D eigenvalue weighted by molar-refractivity contribution is 6.33. The summed E-state index contributed by atoms with van der Waals surface area (Å²) in [5.74, 6) is 0.452. The molecule has 5 rings (SSSR count). The highest BCUT2D eigenvalue weighted by atomic mass is 35.5. The van der Waals surface area contributed by atoms with Crippen LogP contribution < -0.4 is 16.2 Å². The van der Waals surface area contributed by atoms with E-state index in [0.29, 0.717) is 11.5 Å². The van der Waals surface area contributed by atoms with Gasteiger partial charge in [0, 0.05) is 12.6 Å². The maximum Gasteiger partial charge on any atom is 0.284 e. The Morgan fingerprint density at radius 1 is 1.25 bits per heavy atom. The summed E-state index contributed by atoms with van der Waals surface area (Å²) in [6.07, 6.45) is 1.70. The number of nitrogens with zero attached hydrogens (tertiary/aromatic N) is 7. The molecule has 1 aliphatic heterocycles. The average Bonchev–Trinajstić information content (AvgIpc) is 3.36. The van der Waals surface area contributed by atoms with E-state index < -0.39 is 12.2 Å². The minimum absolute atomic E-state index is 0.0368. The molecular formula is C21H16ClFN8O. The zero-order valence-electron chi connectivity index (χ0n) is 16.6. The molecule has 1 aliphatic rings. The largest absolute Gasteiger partial charge is 0.368 e. The van der Waals surface area contributed by atoms with Crippen LogP contribution in [0.1, 0.15) is 23.9 Å². The molecule has 3 aromatic heterocycles. The molecule has 2 N–H and O–H groups in total. The third-order valence-corrected chi connectivity index (χ3v) is 5.71. The van der Waals surface area contributed by atoms with Gasteiger partial charge in [0.15, 0.2) is 11.6 Å². The number of para-hydroxylation sites is 1. The molecule has 0 aliphatic carbocycles. The lowest BCUT2D eigenvalue weighted by molar-refractivity contribution is 0.354. The molecule has 0 bridgehead atoms. The number of alkyl halides is 1. The molecule has 2 atom stereocenters. The highest BCUT2D eigenvalue weighted by Crippen LogP contribution is 2.37. The van der Waals surface area contributed by atoms with Crippen LogP contribution in [0.5, 0.6) is 0 Å². The van der Waals surface area contributed by atoms with Gasteiger partial charge in [0.2, 0.25) is 5.95 Å². The van der Waals surface area contributed by atoms with Gasteiger partial charge in [0.1, 0.15) is 23.3 Å². The first kappa shape index (κ1) is 20.0. The van der Waals surface area contributed by atoms with E-state index in [1.54, 1.807) is 41.4 Å². The van der Waals surface area contributed by atoms with Gasteiger partial charge in [0.05, 0.1) is 29.5 Å². The number of rotatable bonds is 3. The van der Waals surface area contributed by atoms with Gasteiger partial charge in [-0.05, 0) is 18.2 Å². The molecule has 0 amide bonds. The summed E-state index contributed by atoms with van der Waals surface area (Å²) in [6.45, 7) is -0.0368. The van der Waals surface area contributed by atoms with E-state index >= 15 is 0 Å². The van der Waals surface area contributed by atoms with E-state index in [4.69, 9.17) is 17.3 Å². The highest BCUT2D eigenvalue weighted by Gasteiger charge is 2.39. The van der Waals surface area contributed by atoms with Crippen LogP contribution in [0.25, 0.3) is 11.2 Å². The predicted octanol–water partition coefficient (Wildman–Crippen LogP) is 2.67. The minimum atomic E-state index is -1.23. The Labute approximate surface area is 186 Å². The van der Waals surface area contributed by atoms with Gasteiger partial charge in [-0.15, -0.1) is 0 Å². The van der Waals surface area contributed by atoms with Crippen molar-refractivity contribution in [1.82, 2.24) is 24.1 Å². The van der Waals surface area contributed by atoms with Gasteiger partial charge in [-0.2, -0.15) is 15.3 Å². The van der Waals surface area contributed by atoms with Crippen LogP contribution in [-0.2, 0) is 0 Å². The first-order chi connectivity index (χ1) is 15.5. The van der Waals surface area contributed by atoms with E-state index in [1.165, 1.54) is 15.3 Å². The first-order valence-corrected chi connectivity index (χ1v) is 10.1. The minimum Gasteiger partial charge on any atom is -0.368 e. The van der Waals surface area contributed by atoms with Crippen molar-refractivity contribution in [3.63, 3.8) is 0 Å². The average molecular weight is 451 g/mol. The van der Waals surface area contributed by atoms with Gasteiger partial charge < -0.3 is 10.6 Å². The monoisotopic (exact) mass is 450 g/mol. The molecule has 9 nitrogen and oxygen atoms in total. The zero-order chi connectivity index (χ0) is 22.4. The number of nitriles is 1. The van der Waals surface area contributed by atoms with Crippen molar-refractivity contribution in [2.45, 2.75) is 18.6 Å². The van der Waals surface area contributed by atoms with Crippen molar-refractivity contribution in [3.05, 3.63) is 75.6 Å². The number of hydrogen-bond acceptors (Lipinski definition) is 7. The van der Waals surface area contributed by atoms with Crippen molar-refractivity contribution in [3.8, 4) is 11.8 Å². The molecule has 4 aromatic rings. The second kappa shape index (κ2) is 7.62. The van der Waals surface area contributed by atoms with Crippen molar-refractivity contribution < 1.29 is 4.39 Å². The van der Waals surface area contributed by atoms with E-state index in [0.717, 1.165) is 0 Å². The molecule has 0 saturated carbocycles. The molecule has 1 fully saturated rings. The summed E-state index contributed by atoms with van der Waals surface area (Å²) >= 11 is 6.24. The van der Waals surface area contributed by atoms with Gasteiger partial charge in [-0.25, -0.2) is 13.9 Å². The SMILES string of the molecule is N#Cc1cnc(N)nc1N1C[C@@H](F)C[C@H]1c1nn2ccc(Cl)c2c(=O)n1-c1ccccc1. The van der Waals surface area contributed by atoms with Crippen molar-refractivity contribution >= 4 is 28.9 Å². The molecule has 0 unspecified atom stereocenters. The lowest BCUT2D eigenvalue weighted by Crippen LogP contribution is -2.33. The van der Waals surface area contributed by atoms with Crippen molar-refractivity contribution in [2.24, 2.45) is 0 Å². The number of fused-ring (bicyclic) bond motifs is 1. The standard InChI is InChI=1S/C21H16ClFN8O/c22-15-6-7-30-17(15)20(32)31(14-4-2-1-3-5-14)19(28-30)16-8-13(23)11-29(16)18-12(9-24)10-26-21(25)27-18/h1-7,10,13,16H,8,11H2,(H2,25,26,27)/t13-,16-/m0/s1. The third-order valence-electron chi connectivity index (χ3n) is 5.40. The molecule has 0 spiro atoms. The topological polar surface area (TPSA) is 118 Å². The Hall–Kier alpha value is -3.97. The fraction of sp³-hybridized carbons (Fsp3) is 0.190. The number of hydrogen-bond donors (Lipinski definition) is 1. The van der Waals surface area contributed by atoms with Crippen LogP contribution in [0.3, 0.4) is 0 Å². The smallest absolute Gasteiger partial charge is 0.284 e. The normalized spacial score (nSPS) is 18.2. The first-order valence-electron chi connectivity index (χ1n) is 9.76. The van der Waals surface area contributed by atoms with E-state index in [9.17, 15) is 14.4 Å². The fourth-order valence-corrected chi connectivity index (χ4v) is 4.26. The van der Waals surface area contributed by atoms with Gasteiger partial charge >= 0.3 is 0 Å². The Morgan fingerprint density at radius 2 is 2.03 bits per heavy atom. The molecular weight excluding hydrogens is 435 g/mol. The predicted molar refractivity (Wildman–Crippen MR) is 117 cm³/mol. The Morgan fingerprint density at radius 3 is 2.78 bits per heavy atom. The van der Waals surface area contributed by atoms with Gasteiger partial charge in [-0.1, -0.05) is 29.8 Å². The maximum absolute atomic E-state index is 14.7. The molecule has 1 saturated heterocycles. The summed E-state index contributed by atoms with van der Waals surface area (Å²) in [7, 11) is 0. The van der Waals surface area contributed by atoms with Crippen molar-refractivity contribution in [2.75, 3.05) is 17.2 Å². The molecule has 0 radical (unpaired) electrons. The number of aromatic nitrogens is 5. The molecule has 160 valence electrons. The summed E-state index contributed by atoms with van der Waals surface area (Å²) in [5, 5.41) is 14.4. The number of halogens is 2. The van der Waals surface area contributed by atoms with Gasteiger partial charge in [0.25, 0.3) is 5.56 Å². The Kier molecular flexibility index (Phi) is 4.75. The number of nitrogens with two attached hydrogens (primary N) is 1. The quantitative estimate of drug-likeness (QED) is 0.509. The molecule has 11 heteroatoms. The molecule has 32 heavy (non-hydrogen) atoms. The Balaban J connectivity index is 1.78. The Bertz CT molecular complexity index is 1430. The van der Waals surface area contributed by atoms with Crippen molar-refractivity contribution in [1.29, 1.82) is 5.26 Å². The summed E-state index contributed by atoms with van der Waals surface area (Å²) in [5.41, 5.74) is 6.28. The lowest BCUT2D eigenvalue weighted by atomic mass is 10.1. The summed E-state index contributed by atoms with van der Waals surface area (Å²) in [6, 6.07) is 11.8. The second-order valence-electron chi connectivity index (χ2n) is 7.37. The maximum atomic E-state index is 14.7. The number of nitrogen functional groups attached to an aromatic ring is 1. The number of anilines is 2. The van der Waals surface area contributed by atoms with E-state index in [-0.39, 0.29) is 46.4 Å². The second-order valence-corrected chi connectivity index (χ2v) is 7.78. The van der Waals surface area contributed by atoms with Gasteiger partial charge in [-0.3, -0.25) is 9.36 Å². The van der Waals surface area contributed by atoms with Crippen LogP contribution >= 0.6 is 11.6 Å². The van der Waals surface area contributed by atoms with E-state index in [2.05, 4.69) is 15.1 Å². The van der Waals surface area contributed by atoms with Crippen LogP contribution in [0.15, 0.2) is 53.6 Å². The fourth-order valence-electron chi connectivity index (χ4n) is 4.04. The number of benzene rings is 1. The molecule has 1 aromatic carbocycles. The van der Waals surface area contributed by atoms with Crippen LogP contribution in [0.4, 0.5) is 16.2 Å². The lowest BCUT2D eigenvalue weighted by Gasteiger charge is -2.27. The zero-order valence-corrected chi connectivity index (χ0v) is 17.3. The summed E-state index contributed by atoms with van der Waals surface area (Å²) < 4.78 is 17.6. The third kappa shape index (κ3) is 3.14. The molecule has 4 heterocycles. The summed E-state index contributed by atoms with van der Waals surface area (Å²) in [4.78, 5) is 23.2. The van der Waals surface area contributed by atoms with E-state index in [1.807, 2.05) is 12.1 Å².